The van der Waals surface area contributed by atoms with Crippen LogP contribution in [-0.2, 0) is 11.4 Å². The van der Waals surface area contributed by atoms with E-state index in [2.05, 4.69) is 22.5 Å². The highest BCUT2D eigenvalue weighted by atomic mass is 19.1. The summed E-state index contributed by atoms with van der Waals surface area (Å²) in [5.74, 6) is -0.304. The first-order valence-electron chi connectivity index (χ1n) is 12.9. The number of nitrogens with one attached hydrogen (secondary N) is 1. The minimum absolute atomic E-state index is 0.00856. The highest BCUT2D eigenvalue weighted by Gasteiger charge is 2.30. The molecule has 196 valence electrons. The van der Waals surface area contributed by atoms with Crippen LogP contribution in [0.1, 0.15) is 31.7 Å². The van der Waals surface area contributed by atoms with Crippen molar-refractivity contribution in [1.82, 2.24) is 20.2 Å². The number of hydrogen-bond acceptors (Lipinski definition) is 5. The van der Waals surface area contributed by atoms with Crippen LogP contribution in [0.3, 0.4) is 0 Å². The topological polar surface area (TPSA) is 79.6 Å². The highest BCUT2D eigenvalue weighted by molar-refractivity contribution is 5.68. The van der Waals surface area contributed by atoms with E-state index in [0.717, 1.165) is 41.6 Å². The minimum Gasteiger partial charge on any atom is -0.448 e. The quantitative estimate of drug-likeness (QED) is 0.288. The Balaban J connectivity index is 1.39. The molecule has 1 aliphatic heterocycles. The molecular formula is C30H31FN4O3. The van der Waals surface area contributed by atoms with Gasteiger partial charge in [0.25, 0.3) is 0 Å². The monoisotopic (exact) mass is 514 g/mol. The Kier molecular flexibility index (Phi) is 7.81. The van der Waals surface area contributed by atoms with Crippen molar-refractivity contribution in [3.63, 3.8) is 0 Å². The lowest BCUT2D eigenvalue weighted by Crippen LogP contribution is -2.48. The average molecular weight is 515 g/mol. The third kappa shape index (κ3) is 5.61. The summed E-state index contributed by atoms with van der Waals surface area (Å²) in [6.45, 7) is 3.05. The molecule has 3 aromatic carbocycles. The molecule has 0 bridgehead atoms. The molecule has 1 aliphatic rings. The van der Waals surface area contributed by atoms with Crippen molar-refractivity contribution < 1.29 is 19.1 Å². The van der Waals surface area contributed by atoms with Crippen molar-refractivity contribution in [2.45, 2.75) is 44.8 Å². The molecule has 5 rings (SSSR count). The number of halogens is 1. The maximum absolute atomic E-state index is 15.0. The van der Waals surface area contributed by atoms with Gasteiger partial charge < -0.3 is 15.3 Å². The third-order valence-corrected chi connectivity index (χ3v) is 7.10. The first-order chi connectivity index (χ1) is 18.5. The number of carboxylic acid groups (broad SMARTS) is 1. The number of hydroxylamine groups is 2. The molecule has 2 unspecified atom stereocenters. The van der Waals surface area contributed by atoms with Gasteiger partial charge in [0.05, 0.1) is 17.6 Å². The van der Waals surface area contributed by atoms with Crippen LogP contribution in [0.4, 0.5) is 9.18 Å². The Hall–Kier alpha value is -4.01. The molecule has 1 fully saturated rings. The maximum Gasteiger partial charge on any atom is 0.525 e. The molecule has 0 spiro atoms. The number of nitrogens with zero attached hydrogens (tertiary/aromatic N) is 3. The van der Waals surface area contributed by atoms with Gasteiger partial charge in [-0.05, 0) is 54.7 Å². The zero-order valence-corrected chi connectivity index (χ0v) is 21.3. The molecule has 1 saturated heterocycles. The number of benzene rings is 3. The van der Waals surface area contributed by atoms with Crippen LogP contribution in [0.2, 0.25) is 0 Å². The van der Waals surface area contributed by atoms with Gasteiger partial charge in [0.2, 0.25) is 0 Å². The molecule has 8 heteroatoms. The fourth-order valence-corrected chi connectivity index (χ4v) is 5.13. The Morgan fingerprint density at radius 2 is 1.76 bits per heavy atom. The second-order valence-electron chi connectivity index (χ2n) is 9.49. The van der Waals surface area contributed by atoms with Crippen molar-refractivity contribution in [2.75, 3.05) is 6.54 Å². The van der Waals surface area contributed by atoms with Crippen LogP contribution in [0.15, 0.2) is 85.1 Å². The molecular weight excluding hydrogens is 483 g/mol. The zero-order valence-electron chi connectivity index (χ0n) is 21.3. The lowest BCUT2D eigenvalue weighted by atomic mass is 9.96. The average Bonchev–Trinajstić information content (AvgIpc) is 3.36. The SMILES string of the molecule is CCC1CC(NCc2cnn(-c3ccc(-c4ccccc4)cc3)c2-c2ccccc2F)CCN1OC(=O)O. The summed E-state index contributed by atoms with van der Waals surface area (Å²) < 4.78 is 16.8. The van der Waals surface area contributed by atoms with Crippen LogP contribution >= 0.6 is 0 Å². The summed E-state index contributed by atoms with van der Waals surface area (Å²) >= 11 is 0. The second kappa shape index (κ2) is 11.6. The van der Waals surface area contributed by atoms with Crippen molar-refractivity contribution in [3.05, 3.63) is 96.4 Å². The van der Waals surface area contributed by atoms with Gasteiger partial charge in [-0.1, -0.05) is 61.5 Å². The molecule has 2 heterocycles. The highest BCUT2D eigenvalue weighted by Crippen LogP contribution is 2.30. The number of rotatable bonds is 8. The second-order valence-corrected chi connectivity index (χ2v) is 9.49. The Morgan fingerprint density at radius 1 is 1.05 bits per heavy atom. The Labute approximate surface area is 221 Å². The fraction of sp³-hybridized carbons (Fsp3) is 0.267. The number of hydrogen-bond donors (Lipinski definition) is 2. The van der Waals surface area contributed by atoms with Crippen LogP contribution in [0.25, 0.3) is 28.1 Å². The minimum atomic E-state index is -1.28. The molecule has 2 atom stereocenters. The first-order valence-corrected chi connectivity index (χ1v) is 12.9. The van der Waals surface area contributed by atoms with Crippen molar-refractivity contribution in [1.29, 1.82) is 0 Å². The normalized spacial score (nSPS) is 17.8. The summed E-state index contributed by atoms with van der Waals surface area (Å²) in [5.41, 5.74) is 5.16. The van der Waals surface area contributed by atoms with E-state index in [1.807, 2.05) is 55.5 Å². The van der Waals surface area contributed by atoms with Gasteiger partial charge in [0.1, 0.15) is 5.82 Å². The molecule has 7 nitrogen and oxygen atoms in total. The smallest absolute Gasteiger partial charge is 0.448 e. The zero-order chi connectivity index (χ0) is 26.5. The Bertz CT molecular complexity index is 1370. The van der Waals surface area contributed by atoms with E-state index in [1.165, 1.54) is 6.07 Å². The molecule has 0 saturated carbocycles. The van der Waals surface area contributed by atoms with Gasteiger partial charge in [0, 0.05) is 36.3 Å². The molecule has 0 radical (unpaired) electrons. The molecule has 1 aromatic heterocycles. The van der Waals surface area contributed by atoms with E-state index in [-0.39, 0.29) is 17.9 Å². The summed E-state index contributed by atoms with van der Waals surface area (Å²) in [4.78, 5) is 16.0. The van der Waals surface area contributed by atoms with Crippen molar-refractivity contribution >= 4 is 6.16 Å². The van der Waals surface area contributed by atoms with E-state index in [0.29, 0.717) is 24.3 Å². The van der Waals surface area contributed by atoms with E-state index in [1.54, 1.807) is 28.1 Å². The van der Waals surface area contributed by atoms with Crippen molar-refractivity contribution in [2.24, 2.45) is 0 Å². The summed E-state index contributed by atoms with van der Waals surface area (Å²) in [6.07, 6.45) is 2.79. The standard InChI is InChI=1S/C30H31FN4O3/c1-2-25-18-24(16-17-34(25)38-30(36)37)32-19-23-20-33-35(29(23)27-10-6-7-11-28(27)31)26-14-12-22(13-15-26)21-8-4-3-5-9-21/h3-15,20,24-25,32H,2,16-19H2,1H3,(H,36,37). The number of aromatic nitrogens is 2. The van der Waals surface area contributed by atoms with Crippen LogP contribution in [-0.4, -0.2) is 44.7 Å². The molecule has 2 N–H and O–H groups in total. The summed E-state index contributed by atoms with van der Waals surface area (Å²) in [7, 11) is 0. The van der Waals surface area contributed by atoms with E-state index >= 15 is 4.39 Å². The maximum atomic E-state index is 15.0. The molecule has 0 amide bonds. The summed E-state index contributed by atoms with van der Waals surface area (Å²) in [6, 6.07) is 25.2. The van der Waals surface area contributed by atoms with Gasteiger partial charge in [-0.25, -0.2) is 13.9 Å². The van der Waals surface area contributed by atoms with E-state index in [4.69, 9.17) is 9.94 Å². The third-order valence-electron chi connectivity index (χ3n) is 7.10. The van der Waals surface area contributed by atoms with Crippen LogP contribution in [0.5, 0.6) is 0 Å². The first kappa shape index (κ1) is 25.6. The van der Waals surface area contributed by atoms with Crippen LogP contribution < -0.4 is 5.32 Å². The molecule has 38 heavy (non-hydrogen) atoms. The predicted octanol–water partition coefficient (Wildman–Crippen LogP) is 6.29. The van der Waals surface area contributed by atoms with E-state index in [9.17, 15) is 4.79 Å². The lowest BCUT2D eigenvalue weighted by molar-refractivity contribution is -0.164. The largest absolute Gasteiger partial charge is 0.525 e. The lowest BCUT2D eigenvalue weighted by Gasteiger charge is -2.37. The number of piperidine rings is 1. The van der Waals surface area contributed by atoms with Crippen molar-refractivity contribution in [3.8, 4) is 28.1 Å². The van der Waals surface area contributed by atoms with Gasteiger partial charge in [-0.15, -0.1) is 5.06 Å². The van der Waals surface area contributed by atoms with Gasteiger partial charge in [0.15, 0.2) is 0 Å². The van der Waals surface area contributed by atoms with Gasteiger partial charge in [-0.3, -0.25) is 0 Å². The summed E-state index contributed by atoms with van der Waals surface area (Å²) in [5, 5.41) is 18.8. The van der Waals surface area contributed by atoms with E-state index < -0.39 is 6.16 Å². The van der Waals surface area contributed by atoms with Crippen LogP contribution in [0, 0.1) is 5.82 Å². The van der Waals surface area contributed by atoms with Gasteiger partial charge in [-0.2, -0.15) is 5.10 Å². The predicted molar refractivity (Wildman–Crippen MR) is 144 cm³/mol. The van der Waals surface area contributed by atoms with Gasteiger partial charge >= 0.3 is 6.16 Å². The molecule has 4 aromatic rings. The number of carbonyl (C=O) groups is 1. The fourth-order valence-electron chi connectivity index (χ4n) is 5.13. The Morgan fingerprint density at radius 3 is 2.47 bits per heavy atom. The molecule has 0 aliphatic carbocycles.